The van der Waals surface area contributed by atoms with Gasteiger partial charge in [0.25, 0.3) is 6.29 Å². The second kappa shape index (κ2) is 4.07. The molecule has 0 bridgehead atoms. The molecule has 0 radical (unpaired) electrons. The summed E-state index contributed by atoms with van der Waals surface area (Å²) in [5.41, 5.74) is 1.10. The van der Waals surface area contributed by atoms with E-state index < -0.39 is 6.29 Å². The van der Waals surface area contributed by atoms with E-state index in [0.29, 0.717) is 16.9 Å². The number of esters is 1. The van der Waals surface area contributed by atoms with Crippen molar-refractivity contribution in [3.63, 3.8) is 0 Å². The first-order valence-electron chi connectivity index (χ1n) is 4.75. The van der Waals surface area contributed by atoms with E-state index in [1.54, 1.807) is 37.3 Å². The highest BCUT2D eigenvalue weighted by Crippen LogP contribution is 2.19. The van der Waals surface area contributed by atoms with Crippen LogP contribution in [0.1, 0.15) is 12.5 Å². The van der Waals surface area contributed by atoms with Gasteiger partial charge in [-0.2, -0.15) is 5.26 Å². The molecule has 2 rings (SSSR count). The summed E-state index contributed by atoms with van der Waals surface area (Å²) in [4.78, 5) is 11.1. The van der Waals surface area contributed by atoms with E-state index in [1.807, 2.05) is 6.07 Å². The lowest BCUT2D eigenvalue weighted by Gasteiger charge is -2.10. The van der Waals surface area contributed by atoms with Gasteiger partial charge in [-0.15, -0.1) is 0 Å². The molecule has 1 aliphatic heterocycles. The summed E-state index contributed by atoms with van der Waals surface area (Å²) in [5, 5.41) is 8.61. The van der Waals surface area contributed by atoms with Crippen molar-refractivity contribution in [1.29, 1.82) is 5.26 Å². The molecule has 1 atom stereocenters. The van der Waals surface area contributed by atoms with Gasteiger partial charge in [0, 0.05) is 11.6 Å². The highest BCUT2D eigenvalue weighted by atomic mass is 16.7. The van der Waals surface area contributed by atoms with Gasteiger partial charge in [-0.1, -0.05) is 0 Å². The van der Waals surface area contributed by atoms with Crippen LogP contribution < -0.4 is 4.74 Å². The molecule has 1 unspecified atom stereocenters. The third-order valence-corrected chi connectivity index (χ3v) is 2.17. The summed E-state index contributed by atoms with van der Waals surface area (Å²) >= 11 is 0. The van der Waals surface area contributed by atoms with Crippen molar-refractivity contribution in [2.24, 2.45) is 0 Å². The van der Waals surface area contributed by atoms with Crippen molar-refractivity contribution in [2.45, 2.75) is 13.2 Å². The maximum Gasteiger partial charge on any atom is 0.336 e. The Morgan fingerprint density at radius 1 is 1.38 bits per heavy atom. The summed E-state index contributed by atoms with van der Waals surface area (Å²) in [7, 11) is 0. The minimum absolute atomic E-state index is 0.362. The van der Waals surface area contributed by atoms with E-state index in [2.05, 4.69) is 0 Å². The van der Waals surface area contributed by atoms with Crippen LogP contribution in [0, 0.1) is 11.3 Å². The van der Waals surface area contributed by atoms with Crippen LogP contribution in [0.2, 0.25) is 0 Å². The van der Waals surface area contributed by atoms with Crippen LogP contribution in [0.4, 0.5) is 0 Å². The lowest BCUT2D eigenvalue weighted by Crippen LogP contribution is -2.15. The fourth-order valence-electron chi connectivity index (χ4n) is 1.30. The number of nitrogens with zero attached hydrogens (tertiary/aromatic N) is 1. The summed E-state index contributed by atoms with van der Waals surface area (Å²) in [5.74, 6) is 0.196. The van der Waals surface area contributed by atoms with E-state index in [0.717, 1.165) is 0 Å². The van der Waals surface area contributed by atoms with Gasteiger partial charge in [0.15, 0.2) is 0 Å². The molecule has 1 heterocycles. The predicted octanol–water partition coefficient (Wildman–Crippen LogP) is 1.77. The molecular formula is C12H9NO3. The van der Waals surface area contributed by atoms with E-state index in [-0.39, 0.29) is 5.97 Å². The SMILES string of the molecule is CC1=CC(Oc2ccc(C#N)cc2)OC1=O. The first-order chi connectivity index (χ1) is 7.69. The molecule has 0 aliphatic carbocycles. The normalized spacial score (nSPS) is 18.6. The average molecular weight is 215 g/mol. The largest absolute Gasteiger partial charge is 0.451 e. The highest BCUT2D eigenvalue weighted by molar-refractivity contribution is 5.90. The summed E-state index contributed by atoms with van der Waals surface area (Å²) in [6.45, 7) is 1.67. The van der Waals surface area contributed by atoms with E-state index in [4.69, 9.17) is 14.7 Å². The quantitative estimate of drug-likeness (QED) is 0.705. The fraction of sp³-hybridized carbons (Fsp3) is 0.167. The molecule has 0 N–H and O–H groups in total. The van der Waals surface area contributed by atoms with Crippen LogP contribution in [0.15, 0.2) is 35.9 Å². The van der Waals surface area contributed by atoms with Crippen molar-refractivity contribution >= 4 is 5.97 Å². The van der Waals surface area contributed by atoms with Crippen LogP contribution in [0.25, 0.3) is 0 Å². The maximum absolute atomic E-state index is 11.1. The van der Waals surface area contributed by atoms with Gasteiger partial charge >= 0.3 is 5.97 Å². The van der Waals surface area contributed by atoms with Crippen molar-refractivity contribution in [3.05, 3.63) is 41.5 Å². The van der Waals surface area contributed by atoms with E-state index in [1.165, 1.54) is 0 Å². The van der Waals surface area contributed by atoms with Gasteiger partial charge in [0.1, 0.15) is 5.75 Å². The minimum atomic E-state index is -0.666. The smallest absolute Gasteiger partial charge is 0.336 e. The number of nitriles is 1. The lowest BCUT2D eigenvalue weighted by atomic mass is 10.2. The van der Waals surface area contributed by atoms with Gasteiger partial charge < -0.3 is 9.47 Å². The molecule has 4 nitrogen and oxygen atoms in total. The molecule has 0 saturated carbocycles. The summed E-state index contributed by atoms with van der Waals surface area (Å²) in [6.07, 6.45) is 0.945. The Hall–Kier alpha value is -2.28. The number of cyclic esters (lactones) is 1. The third kappa shape index (κ3) is 2.04. The van der Waals surface area contributed by atoms with Crippen molar-refractivity contribution in [3.8, 4) is 11.8 Å². The molecule has 1 aromatic carbocycles. The van der Waals surface area contributed by atoms with Crippen molar-refractivity contribution in [2.75, 3.05) is 0 Å². The number of benzene rings is 1. The first-order valence-corrected chi connectivity index (χ1v) is 4.75. The topological polar surface area (TPSA) is 59.3 Å². The molecule has 0 amide bonds. The molecule has 4 heteroatoms. The molecular weight excluding hydrogens is 206 g/mol. The molecule has 1 aromatic rings. The summed E-state index contributed by atoms with van der Waals surface area (Å²) < 4.78 is 10.3. The zero-order valence-corrected chi connectivity index (χ0v) is 8.64. The Morgan fingerprint density at radius 2 is 2.06 bits per heavy atom. The molecule has 80 valence electrons. The fourth-order valence-corrected chi connectivity index (χ4v) is 1.30. The second-order valence-electron chi connectivity index (χ2n) is 3.38. The highest BCUT2D eigenvalue weighted by Gasteiger charge is 2.23. The van der Waals surface area contributed by atoms with Gasteiger partial charge in [-0.25, -0.2) is 4.79 Å². The van der Waals surface area contributed by atoms with Crippen LogP contribution in [0.5, 0.6) is 5.75 Å². The van der Waals surface area contributed by atoms with E-state index in [9.17, 15) is 4.79 Å². The molecule has 16 heavy (non-hydrogen) atoms. The Labute approximate surface area is 92.7 Å². The molecule has 0 aromatic heterocycles. The van der Waals surface area contributed by atoms with Crippen LogP contribution in [0.3, 0.4) is 0 Å². The van der Waals surface area contributed by atoms with Gasteiger partial charge in [-0.3, -0.25) is 0 Å². The maximum atomic E-state index is 11.1. The number of rotatable bonds is 2. The van der Waals surface area contributed by atoms with Gasteiger partial charge in [0.2, 0.25) is 0 Å². The summed E-state index contributed by atoms with van der Waals surface area (Å²) in [6, 6.07) is 8.61. The average Bonchev–Trinajstić information content (AvgIpc) is 2.59. The van der Waals surface area contributed by atoms with Crippen LogP contribution in [-0.2, 0) is 9.53 Å². The molecule has 0 saturated heterocycles. The van der Waals surface area contributed by atoms with Crippen molar-refractivity contribution < 1.29 is 14.3 Å². The Bertz CT molecular complexity index is 482. The predicted molar refractivity (Wildman–Crippen MR) is 55.4 cm³/mol. The molecule has 0 spiro atoms. The molecule has 1 aliphatic rings. The van der Waals surface area contributed by atoms with E-state index >= 15 is 0 Å². The zero-order chi connectivity index (χ0) is 11.5. The monoisotopic (exact) mass is 215 g/mol. The standard InChI is InChI=1S/C12H9NO3/c1-8-6-11(16-12(8)14)15-10-4-2-9(7-13)3-5-10/h2-6,11H,1H3. The number of carbonyl (C=O) groups is 1. The Kier molecular flexibility index (Phi) is 2.61. The van der Waals surface area contributed by atoms with Crippen LogP contribution >= 0.6 is 0 Å². The minimum Gasteiger partial charge on any atom is -0.451 e. The Balaban J connectivity index is 2.06. The van der Waals surface area contributed by atoms with Crippen LogP contribution in [-0.4, -0.2) is 12.3 Å². The second-order valence-corrected chi connectivity index (χ2v) is 3.38. The first kappa shape index (κ1) is 10.2. The van der Waals surface area contributed by atoms with Gasteiger partial charge in [-0.05, 0) is 31.2 Å². The van der Waals surface area contributed by atoms with Crippen molar-refractivity contribution in [1.82, 2.24) is 0 Å². The lowest BCUT2D eigenvalue weighted by molar-refractivity contribution is -0.148. The number of hydrogen-bond donors (Lipinski definition) is 0. The number of carbonyl (C=O) groups excluding carboxylic acids is 1. The third-order valence-electron chi connectivity index (χ3n) is 2.17. The number of hydrogen-bond acceptors (Lipinski definition) is 4. The number of ether oxygens (including phenoxy) is 2. The zero-order valence-electron chi connectivity index (χ0n) is 8.64. The molecule has 0 fully saturated rings. The Morgan fingerprint density at radius 3 is 2.56 bits per heavy atom. The van der Waals surface area contributed by atoms with Gasteiger partial charge in [0.05, 0.1) is 11.6 Å².